The molecule has 0 aliphatic carbocycles. The number of alkyl halides is 3. The van der Waals surface area contributed by atoms with Crippen molar-refractivity contribution < 1.29 is 13.2 Å². The Morgan fingerprint density at radius 3 is 2.38 bits per heavy atom. The molecule has 0 heterocycles. The number of hydrogen-bond acceptors (Lipinski definition) is 2. The van der Waals surface area contributed by atoms with Crippen LogP contribution < -0.4 is 5.32 Å². The van der Waals surface area contributed by atoms with Crippen LogP contribution in [0, 0.1) is 0 Å². The van der Waals surface area contributed by atoms with E-state index < -0.39 is 11.7 Å². The number of benzene rings is 2. The maximum absolute atomic E-state index is 12.5. The van der Waals surface area contributed by atoms with E-state index in [0.717, 1.165) is 22.8 Å². The smallest absolute Gasteiger partial charge is 0.383 e. The molecule has 2 rings (SSSR count). The first-order chi connectivity index (χ1) is 9.97. The van der Waals surface area contributed by atoms with Gasteiger partial charge in [0.05, 0.1) is 16.3 Å². The van der Waals surface area contributed by atoms with E-state index in [-0.39, 0.29) is 5.02 Å². The number of rotatable bonds is 5. The molecular formula is C15H13ClF3NS. The minimum absolute atomic E-state index is 0.0783. The van der Waals surface area contributed by atoms with Gasteiger partial charge < -0.3 is 5.32 Å². The summed E-state index contributed by atoms with van der Waals surface area (Å²) < 4.78 is 37.5. The first kappa shape index (κ1) is 16.0. The van der Waals surface area contributed by atoms with Crippen LogP contribution in [0.2, 0.25) is 5.02 Å². The van der Waals surface area contributed by atoms with Crippen molar-refractivity contribution in [2.24, 2.45) is 0 Å². The molecule has 0 radical (unpaired) electrons. The highest BCUT2D eigenvalue weighted by atomic mass is 35.5. The third-order valence-corrected chi connectivity index (χ3v) is 4.05. The van der Waals surface area contributed by atoms with Crippen molar-refractivity contribution in [1.82, 2.24) is 0 Å². The lowest BCUT2D eigenvalue weighted by atomic mass is 10.2. The van der Waals surface area contributed by atoms with Gasteiger partial charge in [-0.05, 0) is 30.3 Å². The Labute approximate surface area is 130 Å². The van der Waals surface area contributed by atoms with Gasteiger partial charge in [0.2, 0.25) is 0 Å². The van der Waals surface area contributed by atoms with E-state index >= 15 is 0 Å². The summed E-state index contributed by atoms with van der Waals surface area (Å²) in [5, 5.41) is 3.12. The summed E-state index contributed by atoms with van der Waals surface area (Å²) in [5.74, 6) is 0.793. The third-order valence-electron chi connectivity index (χ3n) is 2.73. The maximum Gasteiger partial charge on any atom is 0.416 e. The lowest BCUT2D eigenvalue weighted by Crippen LogP contribution is -2.07. The van der Waals surface area contributed by atoms with Gasteiger partial charge in [0.25, 0.3) is 0 Å². The molecule has 6 heteroatoms. The van der Waals surface area contributed by atoms with E-state index in [1.165, 1.54) is 6.07 Å². The van der Waals surface area contributed by atoms with Gasteiger partial charge in [-0.1, -0.05) is 29.8 Å². The molecule has 112 valence electrons. The molecule has 21 heavy (non-hydrogen) atoms. The van der Waals surface area contributed by atoms with E-state index in [2.05, 4.69) is 5.32 Å². The van der Waals surface area contributed by atoms with Crippen LogP contribution in [0.1, 0.15) is 5.56 Å². The van der Waals surface area contributed by atoms with Crippen LogP contribution in [0.25, 0.3) is 0 Å². The largest absolute Gasteiger partial charge is 0.416 e. The summed E-state index contributed by atoms with van der Waals surface area (Å²) in [7, 11) is 0. The Morgan fingerprint density at radius 2 is 1.76 bits per heavy atom. The second kappa shape index (κ2) is 7.09. The second-order valence-corrected chi connectivity index (χ2v) is 5.86. The maximum atomic E-state index is 12.5. The van der Waals surface area contributed by atoms with Crippen LogP contribution >= 0.6 is 23.4 Å². The summed E-state index contributed by atoms with van der Waals surface area (Å²) in [5.41, 5.74) is -0.227. The molecule has 0 bridgehead atoms. The van der Waals surface area contributed by atoms with E-state index in [0.29, 0.717) is 12.2 Å². The summed E-state index contributed by atoms with van der Waals surface area (Å²) in [6, 6.07) is 13.2. The van der Waals surface area contributed by atoms with Crippen LogP contribution in [0.4, 0.5) is 18.9 Å². The van der Waals surface area contributed by atoms with Crippen molar-refractivity contribution in [2.75, 3.05) is 17.6 Å². The van der Waals surface area contributed by atoms with E-state index in [4.69, 9.17) is 11.6 Å². The minimum Gasteiger partial charge on any atom is -0.383 e. The number of anilines is 1. The topological polar surface area (TPSA) is 12.0 Å². The van der Waals surface area contributed by atoms with Crippen molar-refractivity contribution in [3.05, 3.63) is 59.1 Å². The zero-order valence-corrected chi connectivity index (χ0v) is 12.5. The van der Waals surface area contributed by atoms with Gasteiger partial charge in [-0.2, -0.15) is 13.2 Å². The molecule has 0 atom stereocenters. The number of halogens is 4. The van der Waals surface area contributed by atoms with Crippen molar-refractivity contribution >= 4 is 29.1 Å². The highest BCUT2D eigenvalue weighted by Crippen LogP contribution is 2.33. The van der Waals surface area contributed by atoms with Crippen molar-refractivity contribution in [1.29, 1.82) is 0 Å². The molecule has 0 amide bonds. The highest BCUT2D eigenvalue weighted by Gasteiger charge is 2.30. The third kappa shape index (κ3) is 4.86. The molecule has 0 fully saturated rings. The summed E-state index contributed by atoms with van der Waals surface area (Å²) in [6.45, 7) is 0.616. The fourth-order valence-electron chi connectivity index (χ4n) is 1.71. The first-order valence-corrected chi connectivity index (χ1v) is 7.61. The van der Waals surface area contributed by atoms with E-state index in [1.807, 2.05) is 30.3 Å². The predicted molar refractivity (Wildman–Crippen MR) is 82.1 cm³/mol. The molecule has 0 unspecified atom stereocenters. The van der Waals surface area contributed by atoms with Gasteiger partial charge in [-0.25, -0.2) is 0 Å². The molecule has 0 aliphatic heterocycles. The monoisotopic (exact) mass is 331 g/mol. The zero-order chi connectivity index (χ0) is 15.3. The molecule has 0 saturated heterocycles. The second-order valence-electron chi connectivity index (χ2n) is 4.28. The predicted octanol–water partition coefficient (Wildman–Crippen LogP) is 5.56. The standard InChI is InChI=1S/C15H13ClF3NS/c16-13-10-11(15(17,18)19)6-7-14(13)20-8-9-21-12-4-2-1-3-5-12/h1-7,10,20H,8-9H2. The Kier molecular flexibility index (Phi) is 5.42. The number of nitrogens with one attached hydrogen (secondary N) is 1. The fraction of sp³-hybridized carbons (Fsp3) is 0.200. The molecular weight excluding hydrogens is 319 g/mol. The SMILES string of the molecule is FC(F)(F)c1ccc(NCCSc2ccccc2)c(Cl)c1. The molecule has 0 spiro atoms. The Balaban J connectivity index is 1.86. The lowest BCUT2D eigenvalue weighted by Gasteiger charge is -2.11. The van der Waals surface area contributed by atoms with Crippen LogP contribution in [0.15, 0.2) is 53.4 Å². The summed E-state index contributed by atoms with van der Waals surface area (Å²) >= 11 is 7.53. The highest BCUT2D eigenvalue weighted by molar-refractivity contribution is 7.99. The summed E-state index contributed by atoms with van der Waals surface area (Å²) in [6.07, 6.45) is -4.37. The molecule has 0 aromatic heterocycles. The van der Waals surface area contributed by atoms with Crippen molar-refractivity contribution in [3.8, 4) is 0 Å². The Hall–Kier alpha value is -1.33. The average Bonchev–Trinajstić information content (AvgIpc) is 2.45. The minimum atomic E-state index is -4.37. The van der Waals surface area contributed by atoms with E-state index in [9.17, 15) is 13.2 Å². The van der Waals surface area contributed by atoms with Gasteiger partial charge in [0.15, 0.2) is 0 Å². The summed E-state index contributed by atoms with van der Waals surface area (Å²) in [4.78, 5) is 1.15. The van der Waals surface area contributed by atoms with Crippen molar-refractivity contribution in [3.63, 3.8) is 0 Å². The molecule has 1 nitrogen and oxygen atoms in total. The average molecular weight is 332 g/mol. The molecule has 2 aromatic rings. The quantitative estimate of drug-likeness (QED) is 0.568. The number of thioether (sulfide) groups is 1. The molecule has 0 saturated carbocycles. The number of hydrogen-bond donors (Lipinski definition) is 1. The van der Waals surface area contributed by atoms with Crippen molar-refractivity contribution in [2.45, 2.75) is 11.1 Å². The van der Waals surface area contributed by atoms with Gasteiger partial charge in [-0.15, -0.1) is 11.8 Å². The fourth-order valence-corrected chi connectivity index (χ4v) is 2.74. The van der Waals surface area contributed by atoms with E-state index in [1.54, 1.807) is 11.8 Å². The van der Waals surface area contributed by atoms with Crippen LogP contribution in [-0.2, 0) is 6.18 Å². The van der Waals surface area contributed by atoms with Gasteiger partial charge in [-0.3, -0.25) is 0 Å². The molecule has 2 aromatic carbocycles. The van der Waals surface area contributed by atoms with Crippen LogP contribution in [0.5, 0.6) is 0 Å². The van der Waals surface area contributed by atoms with Gasteiger partial charge >= 0.3 is 6.18 Å². The van der Waals surface area contributed by atoms with Crippen LogP contribution in [0.3, 0.4) is 0 Å². The van der Waals surface area contributed by atoms with Crippen LogP contribution in [-0.4, -0.2) is 12.3 Å². The zero-order valence-electron chi connectivity index (χ0n) is 11.0. The molecule has 0 aliphatic rings. The lowest BCUT2D eigenvalue weighted by molar-refractivity contribution is -0.137. The normalized spacial score (nSPS) is 11.4. The molecule has 1 N–H and O–H groups in total. The Bertz CT molecular complexity index is 587. The van der Waals surface area contributed by atoms with Gasteiger partial charge in [0.1, 0.15) is 0 Å². The van der Waals surface area contributed by atoms with Gasteiger partial charge in [0, 0.05) is 17.2 Å². The first-order valence-electron chi connectivity index (χ1n) is 6.25. The Morgan fingerprint density at radius 1 is 1.05 bits per heavy atom.